The predicted octanol–water partition coefficient (Wildman–Crippen LogP) is 4.46. The van der Waals surface area contributed by atoms with Gasteiger partial charge in [-0.15, -0.1) is 0 Å². The van der Waals surface area contributed by atoms with Crippen LogP contribution in [0.3, 0.4) is 0 Å². The molecule has 2 aromatic rings. The average Bonchev–Trinajstić information content (AvgIpc) is 2.78. The normalized spacial score (nSPS) is 17.2. The number of likely N-dealkylation sites (tertiary alicyclic amines) is 1. The van der Waals surface area contributed by atoms with E-state index in [0.717, 1.165) is 49.2 Å². The molecule has 0 amide bonds. The lowest BCUT2D eigenvalue weighted by Crippen LogP contribution is -2.48. The molecule has 1 atom stereocenters. The van der Waals surface area contributed by atoms with E-state index < -0.39 is 15.4 Å². The van der Waals surface area contributed by atoms with Crippen molar-refractivity contribution in [2.75, 3.05) is 25.9 Å². The van der Waals surface area contributed by atoms with Gasteiger partial charge in [0.25, 0.3) is 0 Å². The summed E-state index contributed by atoms with van der Waals surface area (Å²) in [6, 6.07) is 12.2. The molecule has 1 unspecified atom stereocenters. The summed E-state index contributed by atoms with van der Waals surface area (Å²) in [5.74, 6) is -0.299. The standard InChI is InChI=1S/C26H35BClFN2O3S/c1-19-16-21(8-9-24(19)28)26(2,25(32)27(3)18-20-6-5-7-22(29)17-20)12-15-31-13-10-23(11-14-31)30-35(4,33)34/h5-9,16-17,23,30H,10-15,18H2,1-4H3. The number of nitrogens with one attached hydrogen (secondary N) is 1. The van der Waals surface area contributed by atoms with Gasteiger partial charge < -0.3 is 9.69 Å². The van der Waals surface area contributed by atoms with Gasteiger partial charge in [0.15, 0.2) is 0 Å². The molecule has 1 fully saturated rings. The first-order chi connectivity index (χ1) is 16.4. The fourth-order valence-corrected chi connectivity index (χ4v) is 5.97. The summed E-state index contributed by atoms with van der Waals surface area (Å²) in [4.78, 5) is 16.2. The van der Waals surface area contributed by atoms with Crippen LogP contribution in [0.5, 0.6) is 0 Å². The molecule has 35 heavy (non-hydrogen) atoms. The van der Waals surface area contributed by atoms with Crippen LogP contribution in [0.25, 0.3) is 0 Å². The number of hydrogen-bond donors (Lipinski definition) is 1. The Morgan fingerprint density at radius 3 is 2.51 bits per heavy atom. The lowest BCUT2D eigenvalue weighted by Gasteiger charge is -2.36. The Morgan fingerprint density at radius 2 is 1.91 bits per heavy atom. The number of halogens is 2. The molecule has 1 aliphatic heterocycles. The van der Waals surface area contributed by atoms with Gasteiger partial charge in [-0.25, -0.2) is 17.5 Å². The van der Waals surface area contributed by atoms with Crippen molar-refractivity contribution >= 4 is 34.0 Å². The van der Waals surface area contributed by atoms with Crippen molar-refractivity contribution in [1.82, 2.24) is 9.62 Å². The third-order valence-corrected chi connectivity index (χ3v) is 8.30. The third kappa shape index (κ3) is 7.62. The monoisotopic (exact) mass is 520 g/mol. The third-order valence-electron chi connectivity index (χ3n) is 7.11. The molecule has 1 heterocycles. The molecule has 0 bridgehead atoms. The maximum atomic E-state index is 13.9. The molecular weight excluding hydrogens is 486 g/mol. The topological polar surface area (TPSA) is 66.5 Å². The van der Waals surface area contributed by atoms with Crippen LogP contribution in [0.2, 0.25) is 11.8 Å². The summed E-state index contributed by atoms with van der Waals surface area (Å²) in [6.07, 6.45) is 3.78. The summed E-state index contributed by atoms with van der Waals surface area (Å²) in [5, 5.41) is 0.664. The molecular formula is C26H35BClFN2O3S. The van der Waals surface area contributed by atoms with Crippen LogP contribution in [-0.4, -0.2) is 57.6 Å². The number of nitrogens with zero attached hydrogens (tertiary/aromatic N) is 1. The quantitative estimate of drug-likeness (QED) is 0.470. The van der Waals surface area contributed by atoms with Gasteiger partial charge >= 0.3 is 0 Å². The SMILES string of the molecule is CB(Cc1cccc(F)c1)C(=O)C(C)(CCN1CCC(NS(C)(=O)=O)CC1)c1ccc(Cl)c(C)c1. The molecule has 1 saturated heterocycles. The molecule has 1 N–H and O–H groups in total. The van der Waals surface area contributed by atoms with Crippen LogP contribution in [0.4, 0.5) is 4.39 Å². The number of carbonyl (C=O) groups is 1. The van der Waals surface area contributed by atoms with Crippen molar-refractivity contribution in [3.05, 3.63) is 70.0 Å². The Bertz CT molecular complexity index is 1160. The first-order valence-electron chi connectivity index (χ1n) is 12.1. The predicted molar refractivity (Wildman–Crippen MR) is 142 cm³/mol. The Balaban J connectivity index is 1.76. The summed E-state index contributed by atoms with van der Waals surface area (Å²) in [5.41, 5.74) is 2.06. The van der Waals surface area contributed by atoms with E-state index in [0.29, 0.717) is 17.8 Å². The molecule has 3 rings (SSSR count). The molecule has 5 nitrogen and oxygen atoms in total. The van der Waals surface area contributed by atoms with Gasteiger partial charge in [0.2, 0.25) is 16.7 Å². The summed E-state index contributed by atoms with van der Waals surface area (Å²) < 4.78 is 39.5. The van der Waals surface area contributed by atoms with E-state index in [1.807, 2.05) is 44.9 Å². The molecule has 1 aliphatic rings. The summed E-state index contributed by atoms with van der Waals surface area (Å²) in [7, 11) is -3.22. The van der Waals surface area contributed by atoms with Gasteiger partial charge in [0.1, 0.15) is 11.5 Å². The fourth-order valence-electron chi connectivity index (χ4n) is 5.01. The minimum atomic E-state index is -3.22. The first kappa shape index (κ1) is 27.8. The summed E-state index contributed by atoms with van der Waals surface area (Å²) >= 11 is 6.28. The highest BCUT2D eigenvalue weighted by Gasteiger charge is 2.39. The second-order valence-electron chi connectivity index (χ2n) is 10.2. The highest BCUT2D eigenvalue weighted by atomic mass is 35.5. The number of piperidine rings is 1. The smallest absolute Gasteiger partial charge is 0.225 e. The van der Waals surface area contributed by atoms with E-state index in [4.69, 9.17) is 11.6 Å². The lowest BCUT2D eigenvalue weighted by atomic mass is 9.39. The van der Waals surface area contributed by atoms with E-state index in [9.17, 15) is 17.6 Å². The van der Waals surface area contributed by atoms with E-state index in [1.165, 1.54) is 18.4 Å². The Morgan fingerprint density at radius 1 is 1.23 bits per heavy atom. The van der Waals surface area contributed by atoms with Crippen LogP contribution in [0, 0.1) is 12.7 Å². The lowest BCUT2D eigenvalue weighted by molar-refractivity contribution is -0.117. The second kappa shape index (κ2) is 11.5. The Kier molecular flexibility index (Phi) is 9.19. The van der Waals surface area contributed by atoms with Gasteiger partial charge in [0.05, 0.1) is 6.26 Å². The number of hydrogen-bond acceptors (Lipinski definition) is 4. The van der Waals surface area contributed by atoms with Crippen LogP contribution >= 0.6 is 11.6 Å². The van der Waals surface area contributed by atoms with Crippen molar-refractivity contribution in [2.45, 2.75) is 57.7 Å². The van der Waals surface area contributed by atoms with E-state index >= 15 is 0 Å². The van der Waals surface area contributed by atoms with Crippen molar-refractivity contribution in [3.63, 3.8) is 0 Å². The minimum absolute atomic E-state index is 0.0422. The van der Waals surface area contributed by atoms with Crippen LogP contribution < -0.4 is 4.72 Å². The average molecular weight is 521 g/mol. The number of carbonyl (C=O) groups excluding carboxylic acids is 1. The van der Waals surface area contributed by atoms with Gasteiger partial charge in [-0.2, -0.15) is 0 Å². The first-order valence-corrected chi connectivity index (χ1v) is 14.4. The molecule has 190 valence electrons. The van der Waals surface area contributed by atoms with Crippen molar-refractivity contribution < 1.29 is 17.6 Å². The van der Waals surface area contributed by atoms with Gasteiger partial charge in [0, 0.05) is 16.5 Å². The van der Waals surface area contributed by atoms with Crippen LogP contribution in [-0.2, 0) is 26.6 Å². The highest BCUT2D eigenvalue weighted by Crippen LogP contribution is 2.33. The van der Waals surface area contributed by atoms with Crippen LogP contribution in [0.1, 0.15) is 42.9 Å². The Hall–Kier alpha value is -1.74. The van der Waals surface area contributed by atoms with E-state index in [-0.39, 0.29) is 24.3 Å². The Labute approximate surface area is 214 Å². The molecule has 2 aromatic carbocycles. The number of aryl methyl sites for hydroxylation is 1. The zero-order chi connectivity index (χ0) is 25.8. The number of benzene rings is 2. The van der Waals surface area contributed by atoms with Crippen molar-refractivity contribution in [2.24, 2.45) is 0 Å². The maximum absolute atomic E-state index is 13.9. The molecule has 0 spiro atoms. The largest absolute Gasteiger partial charge is 0.310 e. The van der Waals surface area contributed by atoms with E-state index in [2.05, 4.69) is 9.62 Å². The molecule has 0 aromatic heterocycles. The fraction of sp³-hybridized carbons (Fsp3) is 0.500. The zero-order valence-electron chi connectivity index (χ0n) is 21.0. The highest BCUT2D eigenvalue weighted by molar-refractivity contribution is 7.88. The van der Waals surface area contributed by atoms with Gasteiger partial charge in [-0.3, -0.25) is 0 Å². The maximum Gasteiger partial charge on any atom is 0.225 e. The van der Waals surface area contributed by atoms with Crippen molar-refractivity contribution in [3.8, 4) is 0 Å². The molecule has 0 aliphatic carbocycles. The molecule has 9 heteroatoms. The molecule has 0 saturated carbocycles. The van der Waals surface area contributed by atoms with Gasteiger partial charge in [-0.1, -0.05) is 48.3 Å². The summed E-state index contributed by atoms with van der Waals surface area (Å²) in [6.45, 7) is 7.83. The van der Waals surface area contributed by atoms with E-state index in [1.54, 1.807) is 6.07 Å². The number of sulfonamides is 1. The zero-order valence-corrected chi connectivity index (χ0v) is 22.6. The van der Waals surface area contributed by atoms with Gasteiger partial charge in [-0.05, 0) is 88.4 Å². The molecule has 0 radical (unpaired) electrons. The minimum Gasteiger partial charge on any atom is -0.310 e. The second-order valence-corrected chi connectivity index (χ2v) is 12.3. The number of rotatable bonds is 10. The van der Waals surface area contributed by atoms with Crippen LogP contribution in [0.15, 0.2) is 42.5 Å². The van der Waals surface area contributed by atoms with Crippen molar-refractivity contribution in [1.29, 1.82) is 0 Å².